The number of rotatable bonds is 5. The van der Waals surface area contributed by atoms with Crippen molar-refractivity contribution in [2.45, 2.75) is 50.9 Å². The SMILES string of the molecule is C[C@H](CNC(=O)[C@@H]1CCCO1)NC(=O)[C@@H]1CCCO1. The maximum Gasteiger partial charge on any atom is 0.249 e. The summed E-state index contributed by atoms with van der Waals surface area (Å²) in [6.07, 6.45) is 2.78. The van der Waals surface area contributed by atoms with E-state index in [-0.39, 0.29) is 30.1 Å². The van der Waals surface area contributed by atoms with Gasteiger partial charge < -0.3 is 20.1 Å². The highest BCUT2D eigenvalue weighted by Gasteiger charge is 2.26. The molecule has 6 nitrogen and oxygen atoms in total. The van der Waals surface area contributed by atoms with Gasteiger partial charge in [-0.25, -0.2) is 0 Å². The lowest BCUT2D eigenvalue weighted by Gasteiger charge is -2.18. The number of nitrogens with one attached hydrogen (secondary N) is 2. The van der Waals surface area contributed by atoms with Gasteiger partial charge in [-0.15, -0.1) is 0 Å². The molecule has 0 unspecified atom stereocenters. The predicted molar refractivity (Wildman–Crippen MR) is 68.6 cm³/mol. The molecule has 2 aliphatic heterocycles. The summed E-state index contributed by atoms with van der Waals surface area (Å²) in [6.45, 7) is 3.59. The normalized spacial score (nSPS) is 28.1. The number of carbonyl (C=O) groups is 2. The Hall–Kier alpha value is -1.14. The van der Waals surface area contributed by atoms with E-state index < -0.39 is 0 Å². The van der Waals surface area contributed by atoms with Crippen LogP contribution in [0.5, 0.6) is 0 Å². The lowest BCUT2D eigenvalue weighted by molar-refractivity contribution is -0.132. The van der Waals surface area contributed by atoms with E-state index in [0.29, 0.717) is 19.8 Å². The van der Waals surface area contributed by atoms with Crippen molar-refractivity contribution < 1.29 is 19.1 Å². The fraction of sp³-hybridized carbons (Fsp3) is 0.846. The zero-order valence-electron chi connectivity index (χ0n) is 11.3. The predicted octanol–water partition coefficient (Wildman–Crippen LogP) is -0.0347. The van der Waals surface area contributed by atoms with E-state index in [1.807, 2.05) is 6.92 Å². The van der Waals surface area contributed by atoms with Crippen molar-refractivity contribution in [3.63, 3.8) is 0 Å². The van der Waals surface area contributed by atoms with Gasteiger partial charge in [-0.05, 0) is 32.6 Å². The number of amides is 2. The fourth-order valence-corrected chi connectivity index (χ4v) is 2.32. The third kappa shape index (κ3) is 4.18. The minimum Gasteiger partial charge on any atom is -0.368 e. The molecule has 2 aliphatic rings. The van der Waals surface area contributed by atoms with Gasteiger partial charge in [0.2, 0.25) is 11.8 Å². The molecular formula is C13H22N2O4. The molecule has 2 fully saturated rings. The van der Waals surface area contributed by atoms with Crippen LogP contribution in [0.4, 0.5) is 0 Å². The Kier molecular flexibility index (Phi) is 5.15. The number of hydrogen-bond donors (Lipinski definition) is 2. The average molecular weight is 270 g/mol. The summed E-state index contributed by atoms with van der Waals surface area (Å²) in [5.74, 6) is -0.174. The van der Waals surface area contributed by atoms with Crippen molar-refractivity contribution in [1.82, 2.24) is 10.6 Å². The Bertz CT molecular complexity index is 323. The van der Waals surface area contributed by atoms with E-state index in [9.17, 15) is 9.59 Å². The third-order valence-electron chi connectivity index (χ3n) is 3.42. The smallest absolute Gasteiger partial charge is 0.249 e. The van der Waals surface area contributed by atoms with Gasteiger partial charge in [0.1, 0.15) is 12.2 Å². The van der Waals surface area contributed by atoms with Gasteiger partial charge >= 0.3 is 0 Å². The molecule has 0 bridgehead atoms. The van der Waals surface area contributed by atoms with Gasteiger partial charge in [0.15, 0.2) is 0 Å². The van der Waals surface area contributed by atoms with E-state index in [1.54, 1.807) is 0 Å². The molecule has 2 N–H and O–H groups in total. The first-order valence-corrected chi connectivity index (χ1v) is 6.98. The van der Waals surface area contributed by atoms with Crippen LogP contribution in [0.15, 0.2) is 0 Å². The molecule has 0 aromatic heterocycles. The highest BCUT2D eigenvalue weighted by Crippen LogP contribution is 2.12. The molecule has 0 saturated carbocycles. The van der Waals surface area contributed by atoms with Gasteiger partial charge in [0, 0.05) is 25.8 Å². The van der Waals surface area contributed by atoms with Crippen LogP contribution in [0.25, 0.3) is 0 Å². The summed E-state index contributed by atoms with van der Waals surface area (Å²) >= 11 is 0. The molecule has 2 heterocycles. The molecule has 0 aromatic carbocycles. The Balaban J connectivity index is 1.64. The Morgan fingerprint density at radius 2 is 1.68 bits per heavy atom. The quantitative estimate of drug-likeness (QED) is 0.735. The van der Waals surface area contributed by atoms with Gasteiger partial charge in [-0.3, -0.25) is 9.59 Å². The summed E-state index contributed by atoms with van der Waals surface area (Å²) in [7, 11) is 0. The number of hydrogen-bond acceptors (Lipinski definition) is 4. The second-order valence-electron chi connectivity index (χ2n) is 5.16. The Morgan fingerprint density at radius 3 is 2.21 bits per heavy atom. The molecule has 6 heteroatoms. The van der Waals surface area contributed by atoms with Crippen LogP contribution in [0.2, 0.25) is 0 Å². The van der Waals surface area contributed by atoms with Crippen LogP contribution in [0.1, 0.15) is 32.6 Å². The zero-order valence-corrected chi connectivity index (χ0v) is 11.3. The molecule has 108 valence electrons. The van der Waals surface area contributed by atoms with Crippen molar-refractivity contribution in [2.24, 2.45) is 0 Å². The topological polar surface area (TPSA) is 76.7 Å². The molecule has 3 atom stereocenters. The first-order chi connectivity index (χ1) is 9.16. The molecular weight excluding hydrogens is 248 g/mol. The van der Waals surface area contributed by atoms with Crippen molar-refractivity contribution in [2.75, 3.05) is 19.8 Å². The molecule has 0 aromatic rings. The van der Waals surface area contributed by atoms with Crippen LogP contribution in [0.3, 0.4) is 0 Å². The molecule has 0 spiro atoms. The second-order valence-corrected chi connectivity index (χ2v) is 5.16. The first-order valence-electron chi connectivity index (χ1n) is 6.98. The highest BCUT2D eigenvalue weighted by molar-refractivity contribution is 5.82. The average Bonchev–Trinajstić information content (AvgIpc) is 3.07. The number of carbonyl (C=O) groups excluding carboxylic acids is 2. The van der Waals surface area contributed by atoms with Crippen LogP contribution < -0.4 is 10.6 Å². The molecule has 19 heavy (non-hydrogen) atoms. The van der Waals surface area contributed by atoms with Crippen LogP contribution >= 0.6 is 0 Å². The standard InChI is InChI=1S/C13H22N2O4/c1-9(15-13(17)11-5-3-7-19-11)8-14-12(16)10-4-2-6-18-10/h9-11H,2-8H2,1H3,(H,14,16)(H,15,17)/t9-,10+,11+/m1/s1. The summed E-state index contributed by atoms with van der Waals surface area (Å²) in [4.78, 5) is 23.5. The lowest BCUT2D eigenvalue weighted by atomic mass is 10.2. The molecule has 2 saturated heterocycles. The largest absolute Gasteiger partial charge is 0.368 e. The van der Waals surface area contributed by atoms with Crippen molar-refractivity contribution >= 4 is 11.8 Å². The summed E-state index contributed by atoms with van der Waals surface area (Å²) < 4.78 is 10.6. The summed E-state index contributed by atoms with van der Waals surface area (Å²) in [5, 5.41) is 5.65. The zero-order chi connectivity index (χ0) is 13.7. The van der Waals surface area contributed by atoms with E-state index in [0.717, 1.165) is 25.7 Å². The first kappa shape index (κ1) is 14.3. The van der Waals surface area contributed by atoms with Gasteiger partial charge in [-0.1, -0.05) is 0 Å². The fourth-order valence-electron chi connectivity index (χ4n) is 2.32. The van der Waals surface area contributed by atoms with Gasteiger partial charge in [0.25, 0.3) is 0 Å². The Labute approximate surface area is 113 Å². The minimum absolute atomic E-state index is 0.0867. The monoisotopic (exact) mass is 270 g/mol. The van der Waals surface area contributed by atoms with E-state index in [4.69, 9.17) is 9.47 Å². The molecule has 2 rings (SSSR count). The van der Waals surface area contributed by atoms with E-state index >= 15 is 0 Å². The van der Waals surface area contributed by atoms with Crippen molar-refractivity contribution in [3.05, 3.63) is 0 Å². The van der Waals surface area contributed by atoms with Crippen LogP contribution in [0, 0.1) is 0 Å². The van der Waals surface area contributed by atoms with Crippen molar-refractivity contribution in [3.8, 4) is 0 Å². The van der Waals surface area contributed by atoms with Crippen LogP contribution in [-0.4, -0.2) is 49.8 Å². The van der Waals surface area contributed by atoms with E-state index in [1.165, 1.54) is 0 Å². The summed E-state index contributed by atoms with van der Waals surface area (Å²) in [5.41, 5.74) is 0. The maximum atomic E-state index is 11.8. The number of ether oxygens (including phenoxy) is 2. The molecule has 2 amide bonds. The minimum atomic E-state index is -0.323. The van der Waals surface area contributed by atoms with Crippen LogP contribution in [-0.2, 0) is 19.1 Å². The second kappa shape index (κ2) is 6.86. The molecule has 0 aliphatic carbocycles. The summed E-state index contributed by atoms with van der Waals surface area (Å²) in [6, 6.07) is -0.109. The van der Waals surface area contributed by atoms with Gasteiger partial charge in [-0.2, -0.15) is 0 Å². The van der Waals surface area contributed by atoms with E-state index in [2.05, 4.69) is 10.6 Å². The molecule has 0 radical (unpaired) electrons. The van der Waals surface area contributed by atoms with Crippen molar-refractivity contribution in [1.29, 1.82) is 0 Å². The highest BCUT2D eigenvalue weighted by atomic mass is 16.5. The van der Waals surface area contributed by atoms with Gasteiger partial charge in [0.05, 0.1) is 0 Å². The lowest BCUT2D eigenvalue weighted by Crippen LogP contribution is -2.47. The third-order valence-corrected chi connectivity index (χ3v) is 3.42. The maximum absolute atomic E-state index is 11.8. The Morgan fingerprint density at radius 1 is 1.11 bits per heavy atom.